The van der Waals surface area contributed by atoms with Crippen molar-refractivity contribution < 1.29 is 15.3 Å². The van der Waals surface area contributed by atoms with Gasteiger partial charge in [0, 0.05) is 29.4 Å². The molecule has 142 valence electrons. The maximum absolute atomic E-state index is 9.51. The number of aromatic nitrogens is 1. The molecule has 2 aliphatic rings. The average Bonchev–Trinajstić information content (AvgIpc) is 2.66. The van der Waals surface area contributed by atoms with E-state index in [9.17, 15) is 10.2 Å². The Labute approximate surface area is 154 Å². The maximum Gasteiger partial charge on any atom is 0.159 e. The SMILES string of the molecule is Nc1c2c(nc3cc(O)c(O)cc13)CCCC2.OCCN1CCCCC1. The lowest BCUT2D eigenvalue weighted by Crippen LogP contribution is -2.31. The first-order chi connectivity index (χ1) is 12.6. The molecule has 6 heteroatoms. The predicted molar refractivity (Wildman–Crippen MR) is 104 cm³/mol. The van der Waals surface area contributed by atoms with E-state index in [4.69, 9.17) is 10.8 Å². The molecule has 2 aromatic rings. The minimum atomic E-state index is -0.153. The quantitative estimate of drug-likeness (QED) is 0.615. The second-order valence-electron chi connectivity index (χ2n) is 7.14. The first kappa shape index (κ1) is 18.7. The van der Waals surface area contributed by atoms with Crippen molar-refractivity contribution in [3.63, 3.8) is 0 Å². The fraction of sp³-hybridized carbons (Fsp3) is 0.550. The molecule has 1 saturated heterocycles. The van der Waals surface area contributed by atoms with E-state index in [1.807, 2.05) is 0 Å². The molecule has 26 heavy (non-hydrogen) atoms. The summed E-state index contributed by atoms with van der Waals surface area (Å²) >= 11 is 0. The van der Waals surface area contributed by atoms with Crippen molar-refractivity contribution in [3.05, 3.63) is 23.4 Å². The molecular formula is C20H29N3O3. The molecule has 0 bridgehead atoms. The van der Waals surface area contributed by atoms with Crippen LogP contribution >= 0.6 is 0 Å². The van der Waals surface area contributed by atoms with Crippen LogP contribution < -0.4 is 5.73 Å². The third kappa shape index (κ3) is 4.19. The summed E-state index contributed by atoms with van der Waals surface area (Å²) in [4.78, 5) is 6.85. The summed E-state index contributed by atoms with van der Waals surface area (Å²) in [5.74, 6) is -0.304. The van der Waals surface area contributed by atoms with Gasteiger partial charge in [-0.25, -0.2) is 0 Å². The second kappa shape index (κ2) is 8.56. The van der Waals surface area contributed by atoms with Crippen LogP contribution in [0.15, 0.2) is 12.1 Å². The second-order valence-corrected chi connectivity index (χ2v) is 7.14. The third-order valence-corrected chi connectivity index (χ3v) is 5.27. The molecule has 0 amide bonds. The van der Waals surface area contributed by atoms with Crippen molar-refractivity contribution in [2.45, 2.75) is 44.9 Å². The van der Waals surface area contributed by atoms with E-state index in [1.54, 1.807) is 0 Å². The normalized spacial score (nSPS) is 17.4. The molecule has 2 heterocycles. The zero-order valence-corrected chi connectivity index (χ0v) is 15.2. The molecule has 1 fully saturated rings. The van der Waals surface area contributed by atoms with Crippen molar-refractivity contribution in [3.8, 4) is 11.5 Å². The van der Waals surface area contributed by atoms with E-state index in [0.29, 0.717) is 17.8 Å². The molecule has 4 rings (SSSR count). The van der Waals surface area contributed by atoms with E-state index in [-0.39, 0.29) is 11.5 Å². The number of fused-ring (bicyclic) bond motifs is 2. The Morgan fingerprint density at radius 2 is 1.65 bits per heavy atom. The Kier molecular flexibility index (Phi) is 6.16. The molecule has 1 aromatic heterocycles. The van der Waals surface area contributed by atoms with Crippen molar-refractivity contribution >= 4 is 16.6 Å². The third-order valence-electron chi connectivity index (χ3n) is 5.27. The van der Waals surface area contributed by atoms with Gasteiger partial charge < -0.3 is 26.0 Å². The van der Waals surface area contributed by atoms with E-state index in [2.05, 4.69) is 9.88 Å². The molecule has 0 radical (unpaired) electrons. The largest absolute Gasteiger partial charge is 0.504 e. The standard InChI is InChI=1S/C13H14N2O2.C7H15NO/c14-13-7-3-1-2-4-9(7)15-10-6-12(17)11(16)5-8(10)13;9-7-6-8-4-2-1-3-5-8/h5-6,16-17H,1-4H2,(H2,14,15);9H,1-7H2. The Hall–Kier alpha value is -2.05. The molecule has 0 atom stereocenters. The predicted octanol–water partition coefficient (Wildman–Crippen LogP) is 2.57. The summed E-state index contributed by atoms with van der Waals surface area (Å²) in [5, 5.41) is 28.3. The van der Waals surface area contributed by atoms with Crippen molar-refractivity contribution in [2.24, 2.45) is 0 Å². The molecule has 5 N–H and O–H groups in total. The first-order valence-corrected chi connectivity index (χ1v) is 9.56. The summed E-state index contributed by atoms with van der Waals surface area (Å²) in [6.45, 7) is 3.58. The van der Waals surface area contributed by atoms with Crippen molar-refractivity contribution in [1.29, 1.82) is 0 Å². The lowest BCUT2D eigenvalue weighted by Gasteiger charge is -2.25. The molecule has 6 nitrogen and oxygen atoms in total. The molecule has 1 aliphatic carbocycles. The van der Waals surface area contributed by atoms with Crippen LogP contribution in [0, 0.1) is 0 Å². The number of aliphatic hydroxyl groups is 1. The minimum absolute atomic E-state index is 0.151. The van der Waals surface area contributed by atoms with Crippen molar-refractivity contribution in [2.75, 3.05) is 32.0 Å². The molecular weight excluding hydrogens is 330 g/mol. The van der Waals surface area contributed by atoms with Gasteiger partial charge in [0.15, 0.2) is 11.5 Å². The van der Waals surface area contributed by atoms with Gasteiger partial charge >= 0.3 is 0 Å². The Morgan fingerprint density at radius 1 is 0.962 bits per heavy atom. The van der Waals surface area contributed by atoms with Crippen LogP contribution in [0.25, 0.3) is 10.9 Å². The Bertz CT molecular complexity index is 755. The van der Waals surface area contributed by atoms with E-state index in [1.165, 1.54) is 44.5 Å². The molecule has 0 spiro atoms. The number of nitrogens with two attached hydrogens (primary N) is 1. The van der Waals surface area contributed by atoms with Gasteiger partial charge in [0.25, 0.3) is 0 Å². The van der Waals surface area contributed by atoms with Gasteiger partial charge in [-0.05, 0) is 63.2 Å². The summed E-state index contributed by atoms with van der Waals surface area (Å²) < 4.78 is 0. The number of β-amino-alcohol motifs (C(OH)–C–C–N with tert-alkyl or cyclic N) is 1. The zero-order chi connectivity index (χ0) is 18.5. The van der Waals surface area contributed by atoms with Crippen LogP contribution in [0.3, 0.4) is 0 Å². The Morgan fingerprint density at radius 3 is 2.38 bits per heavy atom. The van der Waals surface area contributed by atoms with Gasteiger partial charge in [0.2, 0.25) is 0 Å². The molecule has 1 aromatic carbocycles. The number of pyridine rings is 1. The number of benzene rings is 1. The number of piperidine rings is 1. The van der Waals surface area contributed by atoms with E-state index in [0.717, 1.165) is 48.9 Å². The van der Waals surface area contributed by atoms with Gasteiger partial charge in [-0.3, -0.25) is 4.98 Å². The average molecular weight is 359 g/mol. The lowest BCUT2D eigenvalue weighted by atomic mass is 9.93. The highest BCUT2D eigenvalue weighted by atomic mass is 16.3. The highest BCUT2D eigenvalue weighted by molar-refractivity contribution is 5.94. The van der Waals surface area contributed by atoms with Crippen LogP contribution in [0.4, 0.5) is 5.69 Å². The highest BCUT2D eigenvalue weighted by Crippen LogP contribution is 2.36. The van der Waals surface area contributed by atoms with Gasteiger partial charge in [0.05, 0.1) is 12.1 Å². The summed E-state index contributed by atoms with van der Waals surface area (Å²) in [7, 11) is 0. The van der Waals surface area contributed by atoms with Gasteiger partial charge in [0.1, 0.15) is 0 Å². The fourth-order valence-electron chi connectivity index (χ4n) is 3.81. The molecule has 0 saturated carbocycles. The summed E-state index contributed by atoms with van der Waals surface area (Å²) in [6, 6.07) is 2.96. The number of anilines is 1. The van der Waals surface area contributed by atoms with E-state index >= 15 is 0 Å². The lowest BCUT2D eigenvalue weighted by molar-refractivity contribution is 0.173. The smallest absolute Gasteiger partial charge is 0.159 e. The van der Waals surface area contributed by atoms with Gasteiger partial charge in [-0.2, -0.15) is 0 Å². The number of nitrogen functional groups attached to an aromatic ring is 1. The number of nitrogens with zero attached hydrogens (tertiary/aromatic N) is 2. The number of phenolic OH excluding ortho intramolecular Hbond substituents is 2. The van der Waals surface area contributed by atoms with Crippen LogP contribution in [-0.4, -0.2) is 51.4 Å². The van der Waals surface area contributed by atoms with Gasteiger partial charge in [-0.1, -0.05) is 6.42 Å². The number of rotatable bonds is 2. The first-order valence-electron chi connectivity index (χ1n) is 9.56. The molecule has 1 aliphatic heterocycles. The number of phenols is 2. The topological polar surface area (TPSA) is 103 Å². The van der Waals surface area contributed by atoms with Gasteiger partial charge in [-0.15, -0.1) is 0 Å². The fourth-order valence-corrected chi connectivity index (χ4v) is 3.81. The minimum Gasteiger partial charge on any atom is -0.504 e. The summed E-state index contributed by atoms with van der Waals surface area (Å²) in [6.07, 6.45) is 8.17. The number of aromatic hydroxyl groups is 2. The van der Waals surface area contributed by atoms with Crippen molar-refractivity contribution in [1.82, 2.24) is 9.88 Å². The number of hydrogen-bond acceptors (Lipinski definition) is 6. The molecule has 0 unspecified atom stereocenters. The highest BCUT2D eigenvalue weighted by Gasteiger charge is 2.17. The number of aliphatic hydroxyl groups excluding tert-OH is 1. The van der Waals surface area contributed by atoms with Crippen LogP contribution in [0.1, 0.15) is 43.4 Å². The van der Waals surface area contributed by atoms with E-state index < -0.39 is 0 Å². The summed E-state index contributed by atoms with van der Waals surface area (Å²) in [5.41, 5.74) is 9.61. The Balaban J connectivity index is 0.000000185. The maximum atomic E-state index is 9.51. The van der Waals surface area contributed by atoms with Crippen LogP contribution in [-0.2, 0) is 12.8 Å². The zero-order valence-electron chi connectivity index (χ0n) is 15.2. The van der Waals surface area contributed by atoms with Crippen LogP contribution in [0.2, 0.25) is 0 Å². The monoisotopic (exact) mass is 359 g/mol. The number of aryl methyl sites for hydroxylation is 1. The number of likely N-dealkylation sites (tertiary alicyclic amines) is 1. The van der Waals surface area contributed by atoms with Crippen LogP contribution in [0.5, 0.6) is 11.5 Å². The number of hydrogen-bond donors (Lipinski definition) is 4.